The normalized spacial score (nSPS) is 22.9. The second kappa shape index (κ2) is 14.7. The van der Waals surface area contributed by atoms with Gasteiger partial charge in [0.1, 0.15) is 24.2 Å². The number of pyridine rings is 1. The van der Waals surface area contributed by atoms with E-state index in [-0.39, 0.29) is 79.9 Å². The number of rotatable bonds is 5. The lowest BCUT2D eigenvalue weighted by Crippen LogP contribution is -2.49. The molecular formula is C33H41FN6O6. The number of hydrogen-bond donors (Lipinski definition) is 1. The number of carbonyl (C=O) groups is 5. The summed E-state index contributed by atoms with van der Waals surface area (Å²) < 4.78 is 20.6. The number of aryl methyl sites for hydroxylation is 1. The number of nitrogens with zero attached hydrogens (tertiary/aromatic N) is 5. The molecule has 1 aromatic carbocycles. The second-order valence-electron chi connectivity index (χ2n) is 12.3. The molecule has 4 heterocycles. The molecule has 5 amide bonds. The highest BCUT2D eigenvalue weighted by Gasteiger charge is 2.38. The fraction of sp³-hybridized carbons (Fsp3) is 0.515. The summed E-state index contributed by atoms with van der Waals surface area (Å²) in [4.78, 5) is 76.8. The highest BCUT2D eigenvalue weighted by molar-refractivity contribution is 5.99. The minimum atomic E-state index is -0.953. The van der Waals surface area contributed by atoms with Crippen LogP contribution in [0.4, 0.5) is 4.39 Å². The molecule has 5 rings (SSSR count). The maximum atomic E-state index is 14.5. The van der Waals surface area contributed by atoms with Gasteiger partial charge in [-0.25, -0.2) is 4.39 Å². The molecule has 2 saturated heterocycles. The van der Waals surface area contributed by atoms with Gasteiger partial charge < -0.3 is 29.7 Å². The van der Waals surface area contributed by atoms with E-state index in [0.29, 0.717) is 25.9 Å². The maximum Gasteiger partial charge on any atom is 0.258 e. The number of aromatic nitrogens is 1. The van der Waals surface area contributed by atoms with Crippen LogP contribution in [0.25, 0.3) is 0 Å². The van der Waals surface area contributed by atoms with Crippen LogP contribution in [0, 0.1) is 5.82 Å². The zero-order valence-electron chi connectivity index (χ0n) is 26.3. The van der Waals surface area contributed by atoms with E-state index >= 15 is 0 Å². The van der Waals surface area contributed by atoms with E-state index in [4.69, 9.17) is 4.74 Å². The van der Waals surface area contributed by atoms with E-state index in [1.54, 1.807) is 22.2 Å². The van der Waals surface area contributed by atoms with Gasteiger partial charge in [-0.2, -0.15) is 0 Å². The lowest BCUT2D eigenvalue weighted by molar-refractivity contribution is -0.141. The Morgan fingerprint density at radius 3 is 2.52 bits per heavy atom. The lowest BCUT2D eigenvalue weighted by Gasteiger charge is -2.31. The number of hydrogen-bond acceptors (Lipinski definition) is 7. The summed E-state index contributed by atoms with van der Waals surface area (Å²) >= 11 is 0. The van der Waals surface area contributed by atoms with Crippen molar-refractivity contribution in [1.82, 2.24) is 29.9 Å². The molecule has 0 bridgehead atoms. The van der Waals surface area contributed by atoms with Crippen molar-refractivity contribution in [3.63, 3.8) is 0 Å². The molecular weight excluding hydrogens is 595 g/mol. The first-order chi connectivity index (χ1) is 22.1. The van der Waals surface area contributed by atoms with Gasteiger partial charge in [0, 0.05) is 65.0 Å². The van der Waals surface area contributed by atoms with Crippen molar-refractivity contribution < 1.29 is 33.1 Å². The largest absolute Gasteiger partial charge is 0.491 e. The summed E-state index contributed by atoms with van der Waals surface area (Å²) in [7, 11) is 3.01. The zero-order valence-corrected chi connectivity index (χ0v) is 26.3. The van der Waals surface area contributed by atoms with Gasteiger partial charge in [-0.15, -0.1) is 0 Å². The Morgan fingerprint density at radius 1 is 1.04 bits per heavy atom. The van der Waals surface area contributed by atoms with Crippen LogP contribution in [0.5, 0.6) is 5.75 Å². The van der Waals surface area contributed by atoms with Gasteiger partial charge in [-0.3, -0.25) is 29.0 Å². The highest BCUT2D eigenvalue weighted by Crippen LogP contribution is 2.27. The van der Waals surface area contributed by atoms with Crippen LogP contribution in [-0.4, -0.2) is 119 Å². The first-order valence-electron chi connectivity index (χ1n) is 15.8. The third-order valence-electron chi connectivity index (χ3n) is 9.01. The number of carbonyl (C=O) groups excluding carboxylic acids is 5. The van der Waals surface area contributed by atoms with E-state index in [1.165, 1.54) is 36.0 Å². The van der Waals surface area contributed by atoms with Crippen molar-refractivity contribution in [2.75, 3.05) is 46.9 Å². The van der Waals surface area contributed by atoms with Crippen LogP contribution >= 0.6 is 0 Å². The Hall–Kier alpha value is -4.55. The molecule has 0 spiro atoms. The number of likely N-dealkylation sites (tertiary alicyclic amines) is 1. The van der Waals surface area contributed by atoms with E-state index < -0.39 is 23.8 Å². The number of nitrogens with one attached hydrogen (secondary N) is 1. The van der Waals surface area contributed by atoms with E-state index in [1.807, 2.05) is 12.1 Å². The molecule has 2 aromatic rings. The fourth-order valence-corrected chi connectivity index (χ4v) is 6.37. The zero-order chi connectivity index (χ0) is 32.8. The number of halogens is 1. The molecule has 0 aliphatic carbocycles. The molecule has 1 aromatic heterocycles. The standard InChI is InChI=1S/C33H41FN6O6/c1-37-20-31(43)40-19-24(36-29(41)9-5-22-11-13-35-14-12-22)18-25(40)21-46-28-8-6-23(34)17-26(28)32(44)38(2)27(7-10-30(37)42)33(45)39-15-3-4-16-39/h6,8,11-14,17,24-25,27H,3-5,7,9-10,15-16,18-21H2,1-2H3,(H,36,41)/t24-,25+,27+/m1/s1. The van der Waals surface area contributed by atoms with Crippen molar-refractivity contribution >= 4 is 29.5 Å². The van der Waals surface area contributed by atoms with Crippen molar-refractivity contribution in [3.05, 3.63) is 59.7 Å². The molecule has 2 fully saturated rings. The topological polar surface area (TPSA) is 132 Å². The van der Waals surface area contributed by atoms with Gasteiger partial charge in [0.25, 0.3) is 5.91 Å². The first-order valence-corrected chi connectivity index (χ1v) is 15.8. The van der Waals surface area contributed by atoms with Crippen LogP contribution in [-0.2, 0) is 25.6 Å². The molecule has 46 heavy (non-hydrogen) atoms. The molecule has 13 heteroatoms. The Morgan fingerprint density at radius 2 is 1.78 bits per heavy atom. The van der Waals surface area contributed by atoms with Gasteiger partial charge in [-0.05, 0) is 68.0 Å². The minimum Gasteiger partial charge on any atom is -0.491 e. The lowest BCUT2D eigenvalue weighted by atomic mass is 10.1. The first kappa shape index (κ1) is 32.8. The van der Waals surface area contributed by atoms with Crippen molar-refractivity contribution in [2.45, 2.75) is 63.1 Å². The maximum absolute atomic E-state index is 14.5. The number of benzene rings is 1. The molecule has 3 atom stereocenters. The van der Waals surface area contributed by atoms with Crippen LogP contribution in [0.2, 0.25) is 0 Å². The van der Waals surface area contributed by atoms with Gasteiger partial charge in [0.2, 0.25) is 23.6 Å². The third-order valence-corrected chi connectivity index (χ3v) is 9.01. The van der Waals surface area contributed by atoms with E-state index in [9.17, 15) is 28.4 Å². The summed E-state index contributed by atoms with van der Waals surface area (Å²) in [5.74, 6) is -2.22. The SMILES string of the molecule is CN1CC(=O)N2C[C@H](NC(=O)CCc3ccncc3)C[C@H]2COc2ccc(F)cc2C(=O)N(C)[C@H](C(=O)N2CCCC2)CCC1=O. The summed E-state index contributed by atoms with van der Waals surface area (Å²) in [5.41, 5.74) is 0.930. The number of likely N-dealkylation sites (N-methyl/N-ethyl adjacent to an activating group) is 2. The van der Waals surface area contributed by atoms with Crippen molar-refractivity contribution in [3.8, 4) is 5.75 Å². The molecule has 1 N–H and O–H groups in total. The Balaban J connectivity index is 1.36. The highest BCUT2D eigenvalue weighted by atomic mass is 19.1. The fourth-order valence-electron chi connectivity index (χ4n) is 6.37. The number of ether oxygens (including phenoxy) is 1. The molecule has 3 aliphatic heterocycles. The average molecular weight is 637 g/mol. The molecule has 246 valence electrons. The van der Waals surface area contributed by atoms with Gasteiger partial charge in [0.05, 0.1) is 18.2 Å². The minimum absolute atomic E-state index is 0.0292. The monoisotopic (exact) mass is 636 g/mol. The average Bonchev–Trinajstić information content (AvgIpc) is 3.73. The smallest absolute Gasteiger partial charge is 0.258 e. The number of amides is 5. The Kier molecular flexibility index (Phi) is 10.5. The van der Waals surface area contributed by atoms with Crippen LogP contribution in [0.15, 0.2) is 42.7 Å². The van der Waals surface area contributed by atoms with Crippen molar-refractivity contribution in [1.29, 1.82) is 0 Å². The van der Waals surface area contributed by atoms with Gasteiger partial charge >= 0.3 is 0 Å². The van der Waals surface area contributed by atoms with Crippen molar-refractivity contribution in [2.24, 2.45) is 0 Å². The summed E-state index contributed by atoms with van der Waals surface area (Å²) in [6.07, 6.45) is 6.23. The summed E-state index contributed by atoms with van der Waals surface area (Å²) in [6, 6.07) is 5.54. The summed E-state index contributed by atoms with van der Waals surface area (Å²) in [5, 5.41) is 3.02. The van der Waals surface area contributed by atoms with Crippen LogP contribution in [0.3, 0.4) is 0 Å². The van der Waals surface area contributed by atoms with Crippen LogP contribution in [0.1, 0.15) is 54.4 Å². The van der Waals surface area contributed by atoms with Gasteiger partial charge in [0.15, 0.2) is 0 Å². The third kappa shape index (κ3) is 7.80. The molecule has 3 aliphatic rings. The quantitative estimate of drug-likeness (QED) is 0.528. The van der Waals surface area contributed by atoms with Crippen LogP contribution < -0.4 is 10.1 Å². The predicted octanol–water partition coefficient (Wildman–Crippen LogP) is 1.63. The number of fused-ring (bicyclic) bond motifs is 2. The molecule has 0 unspecified atom stereocenters. The second-order valence-corrected chi connectivity index (χ2v) is 12.3. The molecule has 0 radical (unpaired) electrons. The molecule has 12 nitrogen and oxygen atoms in total. The van der Waals surface area contributed by atoms with E-state index in [2.05, 4.69) is 10.3 Å². The van der Waals surface area contributed by atoms with Gasteiger partial charge in [-0.1, -0.05) is 0 Å². The Labute approximate surface area is 267 Å². The molecule has 0 saturated carbocycles. The summed E-state index contributed by atoms with van der Waals surface area (Å²) in [6.45, 7) is 1.13. The van der Waals surface area contributed by atoms with E-state index in [0.717, 1.165) is 24.5 Å². The Bertz CT molecular complexity index is 1450. The predicted molar refractivity (Wildman–Crippen MR) is 165 cm³/mol.